The highest BCUT2D eigenvalue weighted by atomic mass is 16.2. The van der Waals surface area contributed by atoms with Gasteiger partial charge in [0.25, 0.3) is 0 Å². The molecule has 0 spiro atoms. The van der Waals surface area contributed by atoms with Gasteiger partial charge in [-0.15, -0.1) is 0 Å². The molecule has 1 aromatic rings. The molecule has 1 aliphatic heterocycles. The quantitative estimate of drug-likeness (QED) is 0.605. The molecule has 2 amide bonds. The Labute approximate surface area is 124 Å². The van der Waals surface area contributed by atoms with Crippen molar-refractivity contribution in [3.63, 3.8) is 0 Å². The first-order chi connectivity index (χ1) is 10.0. The number of carbonyl (C=O) groups excluding carboxylic acids is 3. The first kappa shape index (κ1) is 15.2. The second-order valence-electron chi connectivity index (χ2n) is 5.31. The van der Waals surface area contributed by atoms with E-state index < -0.39 is 11.8 Å². The number of hydrogen-bond acceptors (Lipinski definition) is 3. The molecule has 1 heterocycles. The third-order valence-electron chi connectivity index (χ3n) is 3.57. The van der Waals surface area contributed by atoms with Crippen LogP contribution >= 0.6 is 0 Å². The second kappa shape index (κ2) is 6.52. The van der Waals surface area contributed by atoms with Crippen LogP contribution in [0.5, 0.6) is 0 Å². The SMILES string of the molecule is CCCN1CCN(CC(=O)c2cccc(C)c2)C(=O)C1=O. The number of Topliss-reactive ketones (excluding diaryl/α,β-unsaturated/α-hetero) is 1. The van der Waals surface area contributed by atoms with E-state index in [1.54, 1.807) is 17.0 Å². The Morgan fingerprint density at radius 3 is 2.48 bits per heavy atom. The van der Waals surface area contributed by atoms with Gasteiger partial charge >= 0.3 is 11.8 Å². The van der Waals surface area contributed by atoms with Crippen LogP contribution in [0.25, 0.3) is 0 Å². The van der Waals surface area contributed by atoms with Crippen LogP contribution in [0, 0.1) is 6.92 Å². The smallest absolute Gasteiger partial charge is 0.312 e. The largest absolute Gasteiger partial charge is 0.333 e. The summed E-state index contributed by atoms with van der Waals surface area (Å²) in [5, 5.41) is 0. The minimum Gasteiger partial charge on any atom is -0.333 e. The van der Waals surface area contributed by atoms with Gasteiger partial charge in [0, 0.05) is 25.2 Å². The Morgan fingerprint density at radius 1 is 1.14 bits per heavy atom. The Morgan fingerprint density at radius 2 is 1.81 bits per heavy atom. The average molecular weight is 288 g/mol. The minimum absolute atomic E-state index is 0.0337. The predicted molar refractivity (Wildman–Crippen MR) is 79.0 cm³/mol. The summed E-state index contributed by atoms with van der Waals surface area (Å²) < 4.78 is 0. The fourth-order valence-corrected chi connectivity index (χ4v) is 2.43. The predicted octanol–water partition coefficient (Wildman–Crippen LogP) is 1.26. The van der Waals surface area contributed by atoms with E-state index in [-0.39, 0.29) is 12.3 Å². The molecule has 5 nitrogen and oxygen atoms in total. The van der Waals surface area contributed by atoms with Crippen LogP contribution in [-0.2, 0) is 9.59 Å². The fourth-order valence-electron chi connectivity index (χ4n) is 2.43. The van der Waals surface area contributed by atoms with Gasteiger partial charge in [0.1, 0.15) is 0 Å². The molecule has 1 fully saturated rings. The Hall–Kier alpha value is -2.17. The van der Waals surface area contributed by atoms with Gasteiger partial charge in [0.2, 0.25) is 0 Å². The maximum Gasteiger partial charge on any atom is 0.312 e. The number of piperazine rings is 1. The number of ketones is 1. The van der Waals surface area contributed by atoms with Crippen molar-refractivity contribution < 1.29 is 14.4 Å². The third kappa shape index (κ3) is 3.48. The Kier molecular flexibility index (Phi) is 4.73. The van der Waals surface area contributed by atoms with Gasteiger partial charge in [0.05, 0.1) is 6.54 Å². The fraction of sp³-hybridized carbons (Fsp3) is 0.438. The van der Waals surface area contributed by atoms with E-state index in [2.05, 4.69) is 0 Å². The van der Waals surface area contributed by atoms with E-state index in [9.17, 15) is 14.4 Å². The lowest BCUT2D eigenvalue weighted by molar-refractivity contribution is -0.155. The molecule has 5 heteroatoms. The zero-order valence-electron chi connectivity index (χ0n) is 12.5. The monoisotopic (exact) mass is 288 g/mol. The summed E-state index contributed by atoms with van der Waals surface area (Å²) in [5.41, 5.74) is 1.57. The second-order valence-corrected chi connectivity index (χ2v) is 5.31. The van der Waals surface area contributed by atoms with Crippen LogP contribution in [0.1, 0.15) is 29.3 Å². The van der Waals surface area contributed by atoms with Crippen molar-refractivity contribution in [2.45, 2.75) is 20.3 Å². The molecular weight excluding hydrogens is 268 g/mol. The number of amides is 2. The molecule has 2 rings (SSSR count). The van der Waals surface area contributed by atoms with E-state index in [0.29, 0.717) is 25.2 Å². The van der Waals surface area contributed by atoms with Crippen molar-refractivity contribution in [3.05, 3.63) is 35.4 Å². The van der Waals surface area contributed by atoms with Gasteiger partial charge in [-0.05, 0) is 19.4 Å². The van der Waals surface area contributed by atoms with E-state index >= 15 is 0 Å². The summed E-state index contributed by atoms with van der Waals surface area (Å²) in [6.07, 6.45) is 0.821. The van der Waals surface area contributed by atoms with E-state index in [4.69, 9.17) is 0 Å². The highest BCUT2D eigenvalue weighted by Gasteiger charge is 2.32. The molecule has 1 aromatic carbocycles. The molecule has 0 aliphatic carbocycles. The van der Waals surface area contributed by atoms with E-state index in [1.165, 1.54) is 4.90 Å². The van der Waals surface area contributed by atoms with Gasteiger partial charge in [-0.1, -0.05) is 30.7 Å². The molecule has 0 atom stereocenters. The maximum absolute atomic E-state index is 12.2. The summed E-state index contributed by atoms with van der Waals surface area (Å²) >= 11 is 0. The number of nitrogens with zero attached hydrogens (tertiary/aromatic N) is 2. The van der Waals surface area contributed by atoms with Crippen LogP contribution in [-0.4, -0.2) is 53.6 Å². The Balaban J connectivity index is 2.02. The molecule has 112 valence electrons. The zero-order valence-corrected chi connectivity index (χ0v) is 12.5. The van der Waals surface area contributed by atoms with Gasteiger partial charge < -0.3 is 9.80 Å². The Bertz CT molecular complexity index is 568. The minimum atomic E-state index is -0.573. The van der Waals surface area contributed by atoms with Gasteiger partial charge in [-0.3, -0.25) is 14.4 Å². The summed E-state index contributed by atoms with van der Waals surface area (Å²) in [5.74, 6) is -1.21. The summed E-state index contributed by atoms with van der Waals surface area (Å²) in [6.45, 7) is 5.35. The van der Waals surface area contributed by atoms with E-state index in [1.807, 2.05) is 26.0 Å². The van der Waals surface area contributed by atoms with Crippen LogP contribution in [0.15, 0.2) is 24.3 Å². The first-order valence-electron chi connectivity index (χ1n) is 7.21. The molecule has 0 N–H and O–H groups in total. The topological polar surface area (TPSA) is 57.7 Å². The summed E-state index contributed by atoms with van der Waals surface area (Å²) in [4.78, 5) is 39.1. The summed E-state index contributed by atoms with van der Waals surface area (Å²) in [7, 11) is 0. The molecule has 0 bridgehead atoms. The molecule has 21 heavy (non-hydrogen) atoms. The zero-order chi connectivity index (χ0) is 15.4. The lowest BCUT2D eigenvalue weighted by Gasteiger charge is -2.33. The van der Waals surface area contributed by atoms with Crippen molar-refractivity contribution in [1.29, 1.82) is 0 Å². The first-order valence-corrected chi connectivity index (χ1v) is 7.21. The molecule has 0 saturated carbocycles. The van der Waals surface area contributed by atoms with Gasteiger partial charge in [-0.25, -0.2) is 0 Å². The highest BCUT2D eigenvalue weighted by molar-refractivity contribution is 6.35. The lowest BCUT2D eigenvalue weighted by atomic mass is 10.1. The molecule has 1 saturated heterocycles. The van der Waals surface area contributed by atoms with Gasteiger partial charge in [0.15, 0.2) is 5.78 Å². The van der Waals surface area contributed by atoms with Crippen LogP contribution in [0.3, 0.4) is 0 Å². The molecule has 0 unspecified atom stereocenters. The molecular formula is C16H20N2O3. The van der Waals surface area contributed by atoms with Crippen molar-refractivity contribution in [2.24, 2.45) is 0 Å². The normalized spacial score (nSPS) is 15.5. The van der Waals surface area contributed by atoms with Crippen LogP contribution in [0.4, 0.5) is 0 Å². The van der Waals surface area contributed by atoms with Crippen molar-refractivity contribution >= 4 is 17.6 Å². The highest BCUT2D eigenvalue weighted by Crippen LogP contribution is 2.10. The molecule has 0 aromatic heterocycles. The number of aryl methyl sites for hydroxylation is 1. The average Bonchev–Trinajstić information content (AvgIpc) is 2.47. The third-order valence-corrected chi connectivity index (χ3v) is 3.57. The van der Waals surface area contributed by atoms with Crippen LogP contribution < -0.4 is 0 Å². The standard InChI is InChI=1S/C16H20N2O3/c1-3-7-17-8-9-18(16(21)15(17)20)11-14(19)13-6-4-5-12(2)10-13/h4-6,10H,3,7-9,11H2,1-2H3. The summed E-state index contributed by atoms with van der Waals surface area (Å²) in [6, 6.07) is 7.25. The van der Waals surface area contributed by atoms with Gasteiger partial charge in [-0.2, -0.15) is 0 Å². The van der Waals surface area contributed by atoms with Crippen LogP contribution in [0.2, 0.25) is 0 Å². The number of benzene rings is 1. The van der Waals surface area contributed by atoms with Crippen molar-refractivity contribution in [1.82, 2.24) is 9.80 Å². The number of hydrogen-bond donors (Lipinski definition) is 0. The maximum atomic E-state index is 12.2. The number of carbonyl (C=O) groups is 3. The number of rotatable bonds is 5. The van der Waals surface area contributed by atoms with E-state index in [0.717, 1.165) is 12.0 Å². The lowest BCUT2D eigenvalue weighted by Crippen LogP contribution is -2.55. The molecule has 1 aliphatic rings. The van der Waals surface area contributed by atoms with Crippen molar-refractivity contribution in [3.8, 4) is 0 Å². The molecule has 0 radical (unpaired) electrons. The van der Waals surface area contributed by atoms with Crippen molar-refractivity contribution in [2.75, 3.05) is 26.2 Å².